The van der Waals surface area contributed by atoms with Crippen LogP contribution < -0.4 is 5.32 Å². The molecule has 136 valence electrons. The first-order valence-electron chi connectivity index (χ1n) is 7.94. The van der Waals surface area contributed by atoms with Crippen molar-refractivity contribution in [3.8, 4) is 0 Å². The number of carbonyl (C=O) groups excluding carboxylic acids is 2. The van der Waals surface area contributed by atoms with Crippen molar-refractivity contribution in [2.24, 2.45) is 0 Å². The van der Waals surface area contributed by atoms with Crippen molar-refractivity contribution in [3.63, 3.8) is 0 Å². The van der Waals surface area contributed by atoms with Gasteiger partial charge in [-0.2, -0.15) is 0 Å². The van der Waals surface area contributed by atoms with Crippen LogP contribution in [0.15, 0.2) is 30.3 Å². The molecule has 8 heteroatoms. The second-order valence-electron chi connectivity index (χ2n) is 5.99. The highest BCUT2D eigenvalue weighted by molar-refractivity contribution is 7.91. The Morgan fingerprint density at radius 3 is 2.80 bits per heavy atom. The second kappa shape index (κ2) is 8.49. The summed E-state index contributed by atoms with van der Waals surface area (Å²) in [4.78, 5) is 25.3. The molecular weight excluding hydrogens is 364 g/mol. The summed E-state index contributed by atoms with van der Waals surface area (Å²) < 4.78 is 22.9. The minimum atomic E-state index is -3.03. The number of benzene rings is 1. The molecule has 25 heavy (non-hydrogen) atoms. The number of nitrogens with zero attached hydrogens (tertiary/aromatic N) is 1. The molecule has 1 atom stereocenters. The lowest BCUT2D eigenvalue weighted by molar-refractivity contribution is -0.131. The molecule has 1 aliphatic rings. The number of hydrogen-bond acceptors (Lipinski definition) is 4. The predicted molar refractivity (Wildman–Crippen MR) is 97.9 cm³/mol. The zero-order valence-electron chi connectivity index (χ0n) is 13.9. The smallest absolute Gasteiger partial charge is 0.244 e. The predicted octanol–water partition coefficient (Wildman–Crippen LogP) is 1.50. The molecule has 2 amide bonds. The zero-order chi connectivity index (χ0) is 18.4. The minimum absolute atomic E-state index is 0.0178. The van der Waals surface area contributed by atoms with Gasteiger partial charge in [-0.25, -0.2) is 8.42 Å². The van der Waals surface area contributed by atoms with Gasteiger partial charge in [0.25, 0.3) is 0 Å². The summed E-state index contributed by atoms with van der Waals surface area (Å²) >= 11 is 5.87. The molecule has 1 unspecified atom stereocenters. The van der Waals surface area contributed by atoms with E-state index >= 15 is 0 Å². The van der Waals surface area contributed by atoms with Crippen LogP contribution in [0.3, 0.4) is 0 Å². The van der Waals surface area contributed by atoms with E-state index in [9.17, 15) is 18.0 Å². The minimum Gasteiger partial charge on any atom is -0.352 e. The van der Waals surface area contributed by atoms with Gasteiger partial charge in [-0.1, -0.05) is 23.7 Å². The third kappa shape index (κ3) is 6.17. The Kier molecular flexibility index (Phi) is 6.61. The van der Waals surface area contributed by atoms with Gasteiger partial charge in [0.05, 0.1) is 11.5 Å². The first-order chi connectivity index (χ1) is 11.8. The summed E-state index contributed by atoms with van der Waals surface area (Å²) in [5.74, 6) is -0.343. The molecule has 1 aromatic carbocycles. The monoisotopic (exact) mass is 384 g/mol. The Morgan fingerprint density at radius 1 is 1.40 bits per heavy atom. The Bertz CT molecular complexity index is 777. The van der Waals surface area contributed by atoms with Crippen molar-refractivity contribution in [2.75, 3.05) is 25.1 Å². The van der Waals surface area contributed by atoms with Crippen LogP contribution in [0.1, 0.15) is 18.4 Å². The maximum absolute atomic E-state index is 12.1. The van der Waals surface area contributed by atoms with Gasteiger partial charge in [0.1, 0.15) is 0 Å². The van der Waals surface area contributed by atoms with E-state index in [-0.39, 0.29) is 42.3 Å². The van der Waals surface area contributed by atoms with Crippen molar-refractivity contribution in [2.45, 2.75) is 18.9 Å². The fourth-order valence-corrected chi connectivity index (χ4v) is 4.57. The van der Waals surface area contributed by atoms with Gasteiger partial charge >= 0.3 is 0 Å². The van der Waals surface area contributed by atoms with Gasteiger partial charge in [-0.15, -0.1) is 0 Å². The quantitative estimate of drug-likeness (QED) is 0.753. The zero-order valence-corrected chi connectivity index (χ0v) is 15.5. The van der Waals surface area contributed by atoms with Crippen molar-refractivity contribution in [1.82, 2.24) is 10.2 Å². The number of sulfone groups is 1. The summed E-state index contributed by atoms with van der Waals surface area (Å²) in [5.41, 5.74) is 0.806. The molecule has 0 aliphatic carbocycles. The van der Waals surface area contributed by atoms with Crippen molar-refractivity contribution in [1.29, 1.82) is 0 Å². The van der Waals surface area contributed by atoms with Crippen LogP contribution in [-0.4, -0.2) is 56.3 Å². The van der Waals surface area contributed by atoms with E-state index in [4.69, 9.17) is 11.6 Å². The number of hydrogen-bond donors (Lipinski definition) is 1. The fourth-order valence-electron chi connectivity index (χ4n) is 2.59. The molecule has 1 saturated heterocycles. The molecule has 0 radical (unpaired) electrons. The molecule has 2 rings (SSSR count). The lowest BCUT2D eigenvalue weighted by Gasteiger charge is -2.23. The van der Waals surface area contributed by atoms with E-state index in [1.54, 1.807) is 31.3 Å². The highest BCUT2D eigenvalue weighted by Gasteiger charge is 2.32. The average Bonchev–Trinajstić information content (AvgIpc) is 2.92. The van der Waals surface area contributed by atoms with Gasteiger partial charge in [0, 0.05) is 37.2 Å². The van der Waals surface area contributed by atoms with E-state index in [2.05, 4.69) is 5.32 Å². The summed E-state index contributed by atoms with van der Waals surface area (Å²) in [6.45, 7) is 0.196. The molecule has 1 aliphatic heterocycles. The third-order valence-electron chi connectivity index (χ3n) is 4.06. The highest BCUT2D eigenvalue weighted by Crippen LogP contribution is 2.17. The largest absolute Gasteiger partial charge is 0.352 e. The number of rotatable bonds is 6. The standard InChI is InChI=1S/C17H21ClN2O4S/c1-20(15-8-10-25(23,24)12-15)17(22)7-9-19-16(21)6-5-13-3-2-4-14(18)11-13/h2-6,11,15H,7-10,12H2,1H3,(H,19,21)/b6-5+. The Morgan fingerprint density at radius 2 is 2.16 bits per heavy atom. The molecule has 0 aromatic heterocycles. The highest BCUT2D eigenvalue weighted by atomic mass is 35.5. The van der Waals surface area contributed by atoms with E-state index in [1.807, 2.05) is 6.07 Å². The van der Waals surface area contributed by atoms with Crippen LogP contribution in [0.4, 0.5) is 0 Å². The Hall–Kier alpha value is -1.86. The Balaban J connectivity index is 1.74. The molecule has 0 bridgehead atoms. The maximum Gasteiger partial charge on any atom is 0.244 e. The lowest BCUT2D eigenvalue weighted by Crippen LogP contribution is -2.39. The first-order valence-corrected chi connectivity index (χ1v) is 10.1. The van der Waals surface area contributed by atoms with Crippen LogP contribution >= 0.6 is 11.6 Å². The van der Waals surface area contributed by atoms with Crippen LogP contribution in [0.5, 0.6) is 0 Å². The summed E-state index contributed by atoms with van der Waals surface area (Å²) in [6, 6.07) is 6.83. The van der Waals surface area contributed by atoms with E-state index in [0.717, 1.165) is 5.56 Å². The van der Waals surface area contributed by atoms with Gasteiger partial charge in [0.15, 0.2) is 9.84 Å². The number of amides is 2. The topological polar surface area (TPSA) is 83.6 Å². The lowest BCUT2D eigenvalue weighted by atomic mass is 10.2. The molecular formula is C17H21ClN2O4S. The molecule has 1 fully saturated rings. The number of carbonyl (C=O) groups is 2. The normalized spacial score (nSPS) is 19.0. The van der Waals surface area contributed by atoms with Crippen LogP contribution in [-0.2, 0) is 19.4 Å². The van der Waals surface area contributed by atoms with Crippen LogP contribution in [0, 0.1) is 0 Å². The molecule has 0 spiro atoms. The van der Waals surface area contributed by atoms with Crippen molar-refractivity contribution < 1.29 is 18.0 Å². The molecule has 1 aromatic rings. The summed E-state index contributed by atoms with van der Waals surface area (Å²) in [5, 5.41) is 3.22. The summed E-state index contributed by atoms with van der Waals surface area (Å²) in [7, 11) is -1.42. The summed E-state index contributed by atoms with van der Waals surface area (Å²) in [6.07, 6.45) is 3.62. The van der Waals surface area contributed by atoms with E-state index in [1.165, 1.54) is 11.0 Å². The SMILES string of the molecule is CN(C(=O)CCNC(=O)/C=C/c1cccc(Cl)c1)C1CCS(=O)(=O)C1. The second-order valence-corrected chi connectivity index (χ2v) is 8.66. The molecule has 6 nitrogen and oxygen atoms in total. The van der Waals surface area contributed by atoms with Gasteiger partial charge in [-0.05, 0) is 30.2 Å². The van der Waals surface area contributed by atoms with Crippen molar-refractivity contribution in [3.05, 3.63) is 40.9 Å². The average molecular weight is 385 g/mol. The van der Waals surface area contributed by atoms with Gasteiger partial charge in [-0.3, -0.25) is 9.59 Å². The Labute approximate surface area is 152 Å². The van der Waals surface area contributed by atoms with E-state index in [0.29, 0.717) is 11.4 Å². The third-order valence-corrected chi connectivity index (χ3v) is 6.05. The maximum atomic E-state index is 12.1. The molecule has 1 N–H and O–H groups in total. The molecule has 0 saturated carbocycles. The number of halogens is 1. The first kappa shape index (κ1) is 19.5. The number of nitrogens with one attached hydrogen (secondary N) is 1. The molecule has 1 heterocycles. The van der Waals surface area contributed by atoms with E-state index < -0.39 is 9.84 Å². The van der Waals surface area contributed by atoms with Gasteiger partial charge in [0.2, 0.25) is 11.8 Å². The van der Waals surface area contributed by atoms with Crippen LogP contribution in [0.25, 0.3) is 6.08 Å². The van der Waals surface area contributed by atoms with Gasteiger partial charge < -0.3 is 10.2 Å². The van der Waals surface area contributed by atoms with Crippen LogP contribution in [0.2, 0.25) is 5.02 Å². The van der Waals surface area contributed by atoms with Crippen molar-refractivity contribution >= 4 is 39.3 Å². The fraction of sp³-hybridized carbons (Fsp3) is 0.412.